The van der Waals surface area contributed by atoms with Gasteiger partial charge in [-0.1, -0.05) is 6.42 Å². The summed E-state index contributed by atoms with van der Waals surface area (Å²) in [4.78, 5) is 38.3. The smallest absolute Gasteiger partial charge is 0.414 e. The van der Waals surface area contributed by atoms with E-state index in [0.29, 0.717) is 25.8 Å². The molecule has 0 radical (unpaired) electrons. The molecule has 0 heterocycles. The molecule has 0 aromatic heterocycles. The number of unbranched alkanes of at least 4 members (excludes halogenated alkanes) is 2. The first-order valence-corrected chi connectivity index (χ1v) is 8.55. The average Bonchev–Trinajstić information content (AvgIpc) is 2.37. The standard InChI is InChI=1S/C17H31N3O6/c1-16(2,3)25-14(23)19-13(20-15(24)26-17(4,5)6)18-11-9-7-8-10-12(21)22/h7-11H2,1-6H3,(H,21,22)(H2,18,19,20,23,24). The number of hydrogen-bond acceptors (Lipinski definition) is 6. The molecule has 9 nitrogen and oxygen atoms in total. The summed E-state index contributed by atoms with van der Waals surface area (Å²) >= 11 is 0. The van der Waals surface area contributed by atoms with E-state index in [1.807, 2.05) is 0 Å². The maximum absolute atomic E-state index is 11.9. The summed E-state index contributed by atoms with van der Waals surface area (Å²) in [6, 6.07) is 0. The van der Waals surface area contributed by atoms with Gasteiger partial charge < -0.3 is 14.6 Å². The van der Waals surface area contributed by atoms with Crippen LogP contribution in [0.4, 0.5) is 9.59 Å². The lowest BCUT2D eigenvalue weighted by atomic mass is 10.2. The summed E-state index contributed by atoms with van der Waals surface area (Å²) in [6.07, 6.45) is 0.420. The molecule has 0 aliphatic heterocycles. The molecular formula is C17H31N3O6. The minimum atomic E-state index is -0.840. The van der Waals surface area contributed by atoms with Gasteiger partial charge in [0.15, 0.2) is 0 Å². The van der Waals surface area contributed by atoms with Gasteiger partial charge in [-0.05, 0) is 54.4 Å². The first-order valence-electron chi connectivity index (χ1n) is 8.55. The predicted octanol–water partition coefficient (Wildman–Crippen LogP) is 3.04. The Labute approximate surface area is 154 Å². The topological polar surface area (TPSA) is 126 Å². The number of rotatable bonds is 6. The number of nitrogens with zero attached hydrogens (tertiary/aromatic N) is 1. The molecule has 0 aromatic carbocycles. The van der Waals surface area contributed by atoms with Crippen LogP contribution in [0.15, 0.2) is 4.99 Å². The summed E-state index contributed by atoms with van der Waals surface area (Å²) in [5.41, 5.74) is -1.39. The molecule has 26 heavy (non-hydrogen) atoms. The van der Waals surface area contributed by atoms with Crippen molar-refractivity contribution in [3.63, 3.8) is 0 Å². The van der Waals surface area contributed by atoms with E-state index in [0.717, 1.165) is 0 Å². The maximum atomic E-state index is 11.9. The number of carboxylic acids is 1. The highest BCUT2D eigenvalue weighted by molar-refractivity contribution is 6.01. The Morgan fingerprint density at radius 3 is 1.69 bits per heavy atom. The molecule has 150 valence electrons. The van der Waals surface area contributed by atoms with Crippen molar-refractivity contribution in [1.82, 2.24) is 10.6 Å². The molecule has 0 spiro atoms. The molecule has 0 unspecified atom stereocenters. The van der Waals surface area contributed by atoms with Gasteiger partial charge in [-0.2, -0.15) is 0 Å². The lowest BCUT2D eigenvalue weighted by molar-refractivity contribution is -0.137. The molecule has 3 N–H and O–H groups in total. The monoisotopic (exact) mass is 373 g/mol. The van der Waals surface area contributed by atoms with Gasteiger partial charge >= 0.3 is 18.2 Å². The number of amides is 2. The Kier molecular flexibility index (Phi) is 9.67. The number of carboxylic acid groups (broad SMARTS) is 1. The van der Waals surface area contributed by atoms with Gasteiger partial charge in [-0.25, -0.2) is 9.59 Å². The summed E-state index contributed by atoms with van der Waals surface area (Å²) in [6.45, 7) is 10.6. The van der Waals surface area contributed by atoms with Crippen molar-refractivity contribution < 1.29 is 29.0 Å². The zero-order valence-corrected chi connectivity index (χ0v) is 16.5. The van der Waals surface area contributed by atoms with Crippen molar-refractivity contribution in [1.29, 1.82) is 0 Å². The lowest BCUT2D eigenvalue weighted by Gasteiger charge is -2.22. The molecule has 0 saturated heterocycles. The van der Waals surface area contributed by atoms with Crippen LogP contribution in [-0.2, 0) is 14.3 Å². The third-order valence-corrected chi connectivity index (χ3v) is 2.56. The van der Waals surface area contributed by atoms with Crippen LogP contribution in [0.3, 0.4) is 0 Å². The highest BCUT2D eigenvalue weighted by Crippen LogP contribution is 2.08. The van der Waals surface area contributed by atoms with E-state index in [2.05, 4.69) is 15.6 Å². The average molecular weight is 373 g/mol. The fourth-order valence-electron chi connectivity index (χ4n) is 1.67. The Morgan fingerprint density at radius 2 is 1.31 bits per heavy atom. The van der Waals surface area contributed by atoms with E-state index in [9.17, 15) is 14.4 Å². The minimum Gasteiger partial charge on any atom is -0.481 e. The lowest BCUT2D eigenvalue weighted by Crippen LogP contribution is -2.47. The van der Waals surface area contributed by atoms with Crippen LogP contribution in [-0.4, -0.2) is 47.0 Å². The third-order valence-electron chi connectivity index (χ3n) is 2.56. The van der Waals surface area contributed by atoms with Gasteiger partial charge in [-0.15, -0.1) is 0 Å². The molecule has 0 fully saturated rings. The Morgan fingerprint density at radius 1 is 0.846 bits per heavy atom. The number of carbonyl (C=O) groups is 3. The number of aliphatic carboxylic acids is 1. The fraction of sp³-hybridized carbons (Fsp3) is 0.765. The van der Waals surface area contributed by atoms with Crippen LogP contribution in [0.2, 0.25) is 0 Å². The normalized spacial score (nSPS) is 11.3. The Bertz CT molecular complexity index is 486. The summed E-state index contributed by atoms with van der Waals surface area (Å²) in [5, 5.41) is 13.4. The molecule has 0 aromatic rings. The first kappa shape index (κ1) is 23.7. The number of hydrogen-bond donors (Lipinski definition) is 3. The highest BCUT2D eigenvalue weighted by Gasteiger charge is 2.21. The fourth-order valence-corrected chi connectivity index (χ4v) is 1.67. The zero-order valence-electron chi connectivity index (χ0n) is 16.5. The number of nitrogens with one attached hydrogen (secondary N) is 2. The largest absolute Gasteiger partial charge is 0.481 e. The molecule has 0 rings (SSSR count). The molecular weight excluding hydrogens is 342 g/mol. The summed E-state index contributed by atoms with van der Waals surface area (Å²) < 4.78 is 10.3. The van der Waals surface area contributed by atoms with E-state index < -0.39 is 29.4 Å². The second kappa shape index (κ2) is 10.6. The van der Waals surface area contributed by atoms with Crippen LogP contribution in [0.25, 0.3) is 0 Å². The number of ether oxygens (including phenoxy) is 2. The van der Waals surface area contributed by atoms with Gasteiger partial charge in [0.05, 0.1) is 0 Å². The molecule has 0 atom stereocenters. The number of guanidine groups is 1. The van der Waals surface area contributed by atoms with Gasteiger partial charge in [0.1, 0.15) is 11.2 Å². The van der Waals surface area contributed by atoms with E-state index >= 15 is 0 Å². The molecule has 0 aliphatic carbocycles. The van der Waals surface area contributed by atoms with Crippen LogP contribution in [0.1, 0.15) is 67.2 Å². The van der Waals surface area contributed by atoms with Crippen molar-refractivity contribution in [2.24, 2.45) is 4.99 Å². The zero-order chi connectivity index (χ0) is 20.4. The van der Waals surface area contributed by atoms with Crippen molar-refractivity contribution in [3.8, 4) is 0 Å². The highest BCUT2D eigenvalue weighted by atomic mass is 16.6. The van der Waals surface area contributed by atoms with Crippen LogP contribution < -0.4 is 10.6 Å². The Hall–Kier alpha value is -2.32. The molecule has 0 bridgehead atoms. The predicted molar refractivity (Wildman–Crippen MR) is 97.1 cm³/mol. The van der Waals surface area contributed by atoms with Crippen LogP contribution >= 0.6 is 0 Å². The number of aliphatic imine (C=N–C) groups is 1. The van der Waals surface area contributed by atoms with Crippen LogP contribution in [0, 0.1) is 0 Å². The van der Waals surface area contributed by atoms with E-state index in [4.69, 9.17) is 14.6 Å². The van der Waals surface area contributed by atoms with E-state index in [1.165, 1.54) is 0 Å². The van der Waals surface area contributed by atoms with Gasteiger partial charge in [0, 0.05) is 13.0 Å². The molecule has 0 saturated carbocycles. The number of carbonyl (C=O) groups excluding carboxylic acids is 2. The summed E-state index contributed by atoms with van der Waals surface area (Å²) in [7, 11) is 0. The van der Waals surface area contributed by atoms with Gasteiger partial charge in [-0.3, -0.25) is 20.4 Å². The molecule has 0 aliphatic rings. The SMILES string of the molecule is CC(C)(C)OC(=O)NC(=NCCCCCC(=O)O)NC(=O)OC(C)(C)C. The number of alkyl carbamates (subject to hydrolysis) is 2. The summed E-state index contributed by atoms with van der Waals surface area (Å²) in [5.74, 6) is -0.917. The van der Waals surface area contributed by atoms with Gasteiger partial charge in [0.2, 0.25) is 5.96 Å². The maximum Gasteiger partial charge on any atom is 0.414 e. The first-order chi connectivity index (χ1) is 11.8. The van der Waals surface area contributed by atoms with Crippen molar-refractivity contribution >= 4 is 24.1 Å². The van der Waals surface area contributed by atoms with Crippen LogP contribution in [0.5, 0.6) is 0 Å². The van der Waals surface area contributed by atoms with E-state index in [-0.39, 0.29) is 12.4 Å². The minimum absolute atomic E-state index is 0.0771. The van der Waals surface area contributed by atoms with Crippen molar-refractivity contribution in [2.45, 2.75) is 78.4 Å². The van der Waals surface area contributed by atoms with Crippen molar-refractivity contribution in [3.05, 3.63) is 0 Å². The van der Waals surface area contributed by atoms with E-state index in [1.54, 1.807) is 41.5 Å². The molecule has 9 heteroatoms. The van der Waals surface area contributed by atoms with Gasteiger partial charge in [0.25, 0.3) is 0 Å². The second-order valence-electron chi connectivity index (χ2n) is 7.69. The van der Waals surface area contributed by atoms with Crippen molar-refractivity contribution in [2.75, 3.05) is 6.54 Å². The second-order valence-corrected chi connectivity index (χ2v) is 7.69. The third kappa shape index (κ3) is 15.2. The quantitative estimate of drug-likeness (QED) is 0.373. The Balaban J connectivity index is 4.71. The molecule has 2 amide bonds.